The fourth-order valence-corrected chi connectivity index (χ4v) is 7.33. The van der Waals surface area contributed by atoms with Crippen molar-refractivity contribution < 1.29 is 37.7 Å². The van der Waals surface area contributed by atoms with Crippen molar-refractivity contribution in [2.75, 3.05) is 14.2 Å². The van der Waals surface area contributed by atoms with Crippen LogP contribution in [0.25, 0.3) is 16.3 Å². The third kappa shape index (κ3) is 5.71. The predicted molar refractivity (Wildman–Crippen MR) is 177 cm³/mol. The van der Waals surface area contributed by atoms with E-state index in [9.17, 15) is 9.59 Å². The average molecular weight is 633 g/mol. The van der Waals surface area contributed by atoms with E-state index in [1.807, 2.05) is 55.5 Å². The van der Waals surface area contributed by atoms with Gasteiger partial charge in [0, 0.05) is 16.5 Å². The van der Waals surface area contributed by atoms with E-state index in [-0.39, 0.29) is 27.7 Å². The first-order valence-electron chi connectivity index (χ1n) is 15.2. The summed E-state index contributed by atoms with van der Waals surface area (Å²) < 4.78 is 37.9. The minimum atomic E-state index is -2.38. The highest BCUT2D eigenvalue weighted by Gasteiger charge is 2.61. The molecule has 45 heavy (non-hydrogen) atoms. The van der Waals surface area contributed by atoms with E-state index in [1.165, 1.54) is 14.2 Å². The van der Waals surface area contributed by atoms with Gasteiger partial charge >= 0.3 is 0 Å². The van der Waals surface area contributed by atoms with Crippen molar-refractivity contribution in [2.45, 2.75) is 89.9 Å². The Balaban J connectivity index is 1.74. The molecule has 0 unspecified atom stereocenters. The van der Waals surface area contributed by atoms with Gasteiger partial charge in [0.25, 0.3) is 0 Å². The lowest BCUT2D eigenvalue weighted by Crippen LogP contribution is -2.58. The highest BCUT2D eigenvalue weighted by molar-refractivity contribution is 6.74. The van der Waals surface area contributed by atoms with Crippen LogP contribution >= 0.6 is 0 Å². The van der Waals surface area contributed by atoms with Crippen molar-refractivity contribution >= 4 is 36.7 Å². The summed E-state index contributed by atoms with van der Waals surface area (Å²) in [7, 11) is 0.643. The van der Waals surface area contributed by atoms with Crippen LogP contribution in [0.15, 0.2) is 54.6 Å². The number of methoxy groups -OCH3 is 2. The van der Waals surface area contributed by atoms with Gasteiger partial charge in [-0.25, -0.2) is 0 Å². The Morgan fingerprint density at radius 3 is 2.22 bits per heavy atom. The molecule has 3 atom stereocenters. The van der Waals surface area contributed by atoms with E-state index < -0.39 is 31.9 Å². The number of rotatable bonds is 9. The fourth-order valence-electron chi connectivity index (χ4n) is 6.04. The lowest BCUT2D eigenvalue weighted by atomic mass is 9.77. The van der Waals surface area contributed by atoms with E-state index in [2.05, 4.69) is 33.9 Å². The molecule has 5 rings (SSSR count). The molecule has 0 aromatic heterocycles. The third-order valence-corrected chi connectivity index (χ3v) is 13.7. The second-order valence-corrected chi connectivity index (χ2v) is 18.6. The summed E-state index contributed by atoms with van der Waals surface area (Å²) in [5, 5.41) is 1.09. The summed E-state index contributed by atoms with van der Waals surface area (Å²) in [5.74, 6) is -0.196. The van der Waals surface area contributed by atoms with Gasteiger partial charge in [0.2, 0.25) is 0 Å². The number of benzene rings is 3. The van der Waals surface area contributed by atoms with E-state index in [1.54, 1.807) is 19.9 Å². The zero-order valence-electron chi connectivity index (χ0n) is 27.9. The Kier molecular flexibility index (Phi) is 8.54. The molecule has 1 fully saturated rings. The van der Waals surface area contributed by atoms with Gasteiger partial charge in [-0.3, -0.25) is 9.59 Å². The molecule has 1 heterocycles. The molecule has 1 aliphatic carbocycles. The number of hydrogen-bond donors (Lipinski definition) is 0. The van der Waals surface area contributed by atoms with Crippen LogP contribution in [0.2, 0.25) is 18.1 Å². The highest BCUT2D eigenvalue weighted by Crippen LogP contribution is 2.52. The molecule has 240 valence electrons. The molecule has 0 radical (unpaired) electrons. The molecule has 8 nitrogen and oxygen atoms in total. The molecule has 2 aliphatic rings. The van der Waals surface area contributed by atoms with Crippen molar-refractivity contribution in [2.24, 2.45) is 0 Å². The van der Waals surface area contributed by atoms with Gasteiger partial charge < -0.3 is 28.1 Å². The monoisotopic (exact) mass is 632 g/mol. The maximum absolute atomic E-state index is 14.5. The summed E-state index contributed by atoms with van der Waals surface area (Å²) in [6.45, 7) is 16.6. The number of Topliss-reactive ketones (excluding diaryl/α,β-unsaturated/α-hetero) is 1. The third-order valence-electron chi connectivity index (χ3n) is 9.27. The van der Waals surface area contributed by atoms with Crippen LogP contribution in [0, 0.1) is 0 Å². The van der Waals surface area contributed by atoms with Gasteiger partial charge in [0.15, 0.2) is 32.3 Å². The lowest BCUT2D eigenvalue weighted by Gasteiger charge is -2.45. The summed E-state index contributed by atoms with van der Waals surface area (Å²) in [6.07, 6.45) is 0.861. The zero-order chi connectivity index (χ0) is 32.9. The molecule has 0 bridgehead atoms. The van der Waals surface area contributed by atoms with E-state index in [0.717, 1.165) is 5.56 Å². The molecule has 9 heteroatoms. The summed E-state index contributed by atoms with van der Waals surface area (Å²) in [6, 6.07) is 15.3. The molecule has 3 aromatic rings. The Morgan fingerprint density at radius 2 is 1.62 bits per heavy atom. The number of fused-ring (bicyclic) bond motifs is 2. The molecule has 0 N–H and O–H groups in total. The van der Waals surface area contributed by atoms with E-state index in [4.69, 9.17) is 28.1 Å². The van der Waals surface area contributed by atoms with Gasteiger partial charge in [0.05, 0.1) is 31.3 Å². The molecule has 1 saturated heterocycles. The van der Waals surface area contributed by atoms with Crippen LogP contribution in [-0.2, 0) is 25.3 Å². The lowest BCUT2D eigenvalue weighted by molar-refractivity contribution is -0.172. The van der Waals surface area contributed by atoms with Crippen LogP contribution in [0.3, 0.4) is 0 Å². The molecule has 3 aromatic carbocycles. The smallest absolute Gasteiger partial charge is 0.195 e. The maximum Gasteiger partial charge on any atom is 0.195 e. The molecule has 0 amide bonds. The Labute approximate surface area is 266 Å². The molecular formula is C36H44O8Si. The quantitative estimate of drug-likeness (QED) is 0.177. The fraction of sp³-hybridized carbons (Fsp3) is 0.444. The Morgan fingerprint density at radius 1 is 0.956 bits per heavy atom. The molecule has 0 saturated carbocycles. The maximum atomic E-state index is 14.5. The average Bonchev–Trinajstić information content (AvgIpc) is 3.25. The molecule has 0 spiro atoms. The summed E-state index contributed by atoms with van der Waals surface area (Å²) in [4.78, 5) is 27.5. The number of carbonyl (C=O) groups is 2. The van der Waals surface area contributed by atoms with Crippen LogP contribution in [0.1, 0.15) is 63.0 Å². The number of aldehydes is 1. The standard InChI is InChI=1S/C36H44O8Si/c1-34(2,3)45(9,10)43-27-19-24(30(38)33-36(27,6)44-35(4,5)42-33)28-25(20-37)32(40-8)29-23(31(28)39-7)17-14-18-26(29)41-21-22-15-12-11-13-16-22/h11-20,27,33H,21H2,1-10H3/t27-,33-,36+/m1/s1. The van der Waals surface area contributed by atoms with Gasteiger partial charge in [-0.2, -0.15) is 0 Å². The largest absolute Gasteiger partial charge is 0.495 e. The Hall–Kier alpha value is -3.50. The number of ketones is 1. The molecule has 1 aliphatic heterocycles. The van der Waals surface area contributed by atoms with Crippen molar-refractivity contribution in [1.82, 2.24) is 0 Å². The van der Waals surface area contributed by atoms with Crippen LogP contribution < -0.4 is 14.2 Å². The first kappa shape index (κ1) is 32.9. The number of carbonyl (C=O) groups excluding carboxylic acids is 2. The van der Waals surface area contributed by atoms with Crippen molar-refractivity contribution in [1.29, 1.82) is 0 Å². The van der Waals surface area contributed by atoms with Gasteiger partial charge in [-0.1, -0.05) is 63.2 Å². The van der Waals surface area contributed by atoms with Crippen molar-refractivity contribution in [3.8, 4) is 17.2 Å². The first-order valence-corrected chi connectivity index (χ1v) is 18.1. The van der Waals surface area contributed by atoms with Gasteiger partial charge in [-0.05, 0) is 56.6 Å². The second kappa shape index (κ2) is 11.7. The van der Waals surface area contributed by atoms with E-state index >= 15 is 0 Å². The minimum Gasteiger partial charge on any atom is -0.495 e. The topological polar surface area (TPSA) is 89.5 Å². The normalized spacial score (nSPS) is 23.0. The SMILES string of the molecule is COc1c(C2=C[C@@H](O[Si](C)(C)C(C)(C)C)[C@]3(C)OC(C)(C)O[C@@H]3C2=O)c(C=O)c(OC)c2c(OCc3ccccc3)cccc12. The summed E-state index contributed by atoms with van der Waals surface area (Å²) >= 11 is 0. The predicted octanol–water partition coefficient (Wildman–Crippen LogP) is 7.52. The zero-order valence-corrected chi connectivity index (χ0v) is 28.9. The summed E-state index contributed by atoms with van der Waals surface area (Å²) in [5.41, 5.74) is 0.653. The van der Waals surface area contributed by atoms with E-state index in [0.29, 0.717) is 40.7 Å². The first-order chi connectivity index (χ1) is 21.1. The van der Waals surface area contributed by atoms with Crippen LogP contribution in [0.4, 0.5) is 0 Å². The van der Waals surface area contributed by atoms with Crippen molar-refractivity contribution in [3.63, 3.8) is 0 Å². The Bertz CT molecular complexity index is 1650. The minimum absolute atomic E-state index is 0.114. The van der Waals surface area contributed by atoms with Gasteiger partial charge in [-0.15, -0.1) is 0 Å². The van der Waals surface area contributed by atoms with Crippen LogP contribution in [-0.4, -0.2) is 58.2 Å². The van der Waals surface area contributed by atoms with Crippen LogP contribution in [0.5, 0.6) is 17.2 Å². The second-order valence-electron chi connectivity index (χ2n) is 13.9. The number of hydrogen-bond acceptors (Lipinski definition) is 8. The number of ether oxygens (including phenoxy) is 5. The van der Waals surface area contributed by atoms with Gasteiger partial charge in [0.1, 0.15) is 29.5 Å². The van der Waals surface area contributed by atoms with Crippen molar-refractivity contribution in [3.05, 3.63) is 71.3 Å². The molecular weight excluding hydrogens is 588 g/mol. The highest BCUT2D eigenvalue weighted by atomic mass is 28.4.